The predicted molar refractivity (Wildman–Crippen MR) is 97.1 cm³/mol. The maximum Gasteiger partial charge on any atom is 0.253 e. The molecule has 0 aliphatic carbocycles. The number of nitrogens with one attached hydrogen (secondary N) is 1. The number of hydrogen-bond acceptors (Lipinski definition) is 4. The summed E-state index contributed by atoms with van der Waals surface area (Å²) in [5.41, 5.74) is 8.30. The minimum absolute atomic E-state index is 0. The molecule has 7 heteroatoms. The van der Waals surface area contributed by atoms with Crippen LogP contribution in [0.5, 0.6) is 0 Å². The lowest BCUT2D eigenvalue weighted by Crippen LogP contribution is -2.49. The molecule has 1 amide bonds. The van der Waals surface area contributed by atoms with Gasteiger partial charge in [-0.25, -0.2) is 0 Å². The molecule has 0 aliphatic rings. The third-order valence-electron chi connectivity index (χ3n) is 4.53. The van der Waals surface area contributed by atoms with Gasteiger partial charge in [-0.3, -0.25) is 9.36 Å². The lowest BCUT2D eigenvalue weighted by atomic mass is 9.94. The molecule has 6 nitrogen and oxygen atoms in total. The molecule has 0 atom stereocenters. The number of nitrogens with zero attached hydrogens (tertiary/aromatic N) is 2. The van der Waals surface area contributed by atoms with Gasteiger partial charge >= 0.3 is 0 Å². The van der Waals surface area contributed by atoms with Crippen LogP contribution in [0.3, 0.4) is 0 Å². The number of hydrogen-bond donors (Lipinski definition) is 2. The highest BCUT2D eigenvalue weighted by atomic mass is 35.5. The Morgan fingerprint density at radius 1 is 1.29 bits per heavy atom. The summed E-state index contributed by atoms with van der Waals surface area (Å²) in [6.07, 6.45) is 1.64. The van der Waals surface area contributed by atoms with Crippen LogP contribution in [-0.2, 0) is 0 Å². The van der Waals surface area contributed by atoms with E-state index in [1.807, 2.05) is 51.3 Å². The van der Waals surface area contributed by atoms with Crippen molar-refractivity contribution >= 4 is 18.3 Å². The molecule has 0 unspecified atom stereocenters. The molecule has 24 heavy (non-hydrogen) atoms. The molecular weight excluding hydrogens is 328 g/mol. The molecular formula is C17H27ClN4O2. The van der Waals surface area contributed by atoms with Crippen molar-refractivity contribution in [2.75, 3.05) is 6.54 Å². The molecule has 0 saturated carbocycles. The zero-order chi connectivity index (χ0) is 17.2. The van der Waals surface area contributed by atoms with E-state index < -0.39 is 0 Å². The van der Waals surface area contributed by atoms with Crippen molar-refractivity contribution in [3.05, 3.63) is 34.8 Å². The minimum atomic E-state index is -0.357. The number of aryl methyl sites for hydroxylation is 2. The van der Waals surface area contributed by atoms with Crippen LogP contribution < -0.4 is 11.1 Å². The van der Waals surface area contributed by atoms with Gasteiger partial charge in [0, 0.05) is 29.5 Å². The second kappa shape index (κ2) is 7.85. The number of rotatable bonds is 6. The zero-order valence-electron chi connectivity index (χ0n) is 15.0. The lowest BCUT2D eigenvalue weighted by molar-refractivity contribution is 0.0941. The first-order valence-electron chi connectivity index (χ1n) is 8.01. The van der Waals surface area contributed by atoms with Gasteiger partial charge in [0.1, 0.15) is 5.76 Å². The zero-order valence-corrected chi connectivity index (χ0v) is 15.8. The number of halogens is 1. The topological polar surface area (TPSA) is 86.1 Å². The standard InChI is InChI=1S/C17H26N4O2.ClH/c1-6-17(18,7-2)10-19-16(22)14-8-11(3)21(13(14)5)15-9-12(4)23-20-15;/h8-9H,6-7,10,18H2,1-5H3,(H,19,22);1H. The molecule has 3 N–H and O–H groups in total. The molecule has 0 spiro atoms. The highest BCUT2D eigenvalue weighted by molar-refractivity contribution is 5.96. The van der Waals surface area contributed by atoms with Crippen LogP contribution >= 0.6 is 12.4 Å². The van der Waals surface area contributed by atoms with Crippen LogP contribution in [0, 0.1) is 20.8 Å². The van der Waals surface area contributed by atoms with Crippen LogP contribution in [0.25, 0.3) is 5.82 Å². The minimum Gasteiger partial charge on any atom is -0.360 e. The fourth-order valence-corrected chi connectivity index (χ4v) is 2.66. The van der Waals surface area contributed by atoms with Crippen LogP contribution in [0.2, 0.25) is 0 Å². The quantitative estimate of drug-likeness (QED) is 0.834. The molecule has 0 aliphatic heterocycles. The van der Waals surface area contributed by atoms with E-state index in [4.69, 9.17) is 10.3 Å². The van der Waals surface area contributed by atoms with E-state index in [1.54, 1.807) is 0 Å². The Morgan fingerprint density at radius 2 is 1.92 bits per heavy atom. The Morgan fingerprint density at radius 3 is 2.42 bits per heavy atom. The van der Waals surface area contributed by atoms with E-state index in [1.165, 1.54) is 0 Å². The molecule has 0 radical (unpaired) electrons. The van der Waals surface area contributed by atoms with Gasteiger partial charge in [0.25, 0.3) is 5.91 Å². The lowest BCUT2D eigenvalue weighted by Gasteiger charge is -2.26. The van der Waals surface area contributed by atoms with E-state index in [0.717, 1.165) is 30.0 Å². The molecule has 0 bridgehead atoms. The van der Waals surface area contributed by atoms with Gasteiger partial charge in [-0.15, -0.1) is 12.4 Å². The normalized spacial score (nSPS) is 11.2. The van der Waals surface area contributed by atoms with E-state index in [9.17, 15) is 4.79 Å². The fourth-order valence-electron chi connectivity index (χ4n) is 2.66. The Balaban J connectivity index is 0.00000288. The monoisotopic (exact) mass is 354 g/mol. The van der Waals surface area contributed by atoms with Crippen molar-refractivity contribution in [2.24, 2.45) is 5.73 Å². The third-order valence-corrected chi connectivity index (χ3v) is 4.53. The summed E-state index contributed by atoms with van der Waals surface area (Å²) in [5.74, 6) is 1.31. The summed E-state index contributed by atoms with van der Waals surface area (Å²) in [6, 6.07) is 3.71. The molecule has 0 aromatic carbocycles. The summed E-state index contributed by atoms with van der Waals surface area (Å²) in [6.45, 7) is 10.2. The average Bonchev–Trinajstić information content (AvgIpc) is 3.07. The highest BCUT2D eigenvalue weighted by Crippen LogP contribution is 2.21. The molecule has 2 heterocycles. The average molecular weight is 355 g/mol. The van der Waals surface area contributed by atoms with Crippen molar-refractivity contribution < 1.29 is 9.32 Å². The number of carbonyl (C=O) groups excluding carboxylic acids is 1. The summed E-state index contributed by atoms with van der Waals surface area (Å²) in [4.78, 5) is 12.5. The summed E-state index contributed by atoms with van der Waals surface area (Å²) in [5, 5.41) is 6.99. The van der Waals surface area contributed by atoms with Gasteiger partial charge in [0.2, 0.25) is 0 Å². The number of carbonyl (C=O) groups is 1. The molecule has 0 fully saturated rings. The van der Waals surface area contributed by atoms with Crippen LogP contribution in [0.1, 0.15) is 54.2 Å². The highest BCUT2D eigenvalue weighted by Gasteiger charge is 2.23. The molecule has 2 rings (SSSR count). The SMILES string of the molecule is CCC(N)(CC)CNC(=O)c1cc(C)n(-c2cc(C)on2)c1C.Cl. The van der Waals surface area contributed by atoms with Crippen molar-refractivity contribution in [3.8, 4) is 5.82 Å². The Hall–Kier alpha value is -1.79. The van der Waals surface area contributed by atoms with Crippen molar-refractivity contribution in [2.45, 2.75) is 53.0 Å². The molecule has 2 aromatic heterocycles. The fraction of sp³-hybridized carbons (Fsp3) is 0.529. The first-order valence-corrected chi connectivity index (χ1v) is 8.01. The maximum absolute atomic E-state index is 12.5. The van der Waals surface area contributed by atoms with Crippen molar-refractivity contribution in [1.82, 2.24) is 15.0 Å². The summed E-state index contributed by atoms with van der Waals surface area (Å²) < 4.78 is 7.05. The predicted octanol–water partition coefficient (Wildman–Crippen LogP) is 3.06. The van der Waals surface area contributed by atoms with Crippen LogP contribution in [0.4, 0.5) is 0 Å². The van der Waals surface area contributed by atoms with Gasteiger partial charge in [0.15, 0.2) is 5.82 Å². The van der Waals surface area contributed by atoms with E-state index in [2.05, 4.69) is 10.5 Å². The maximum atomic E-state index is 12.5. The smallest absolute Gasteiger partial charge is 0.253 e. The Labute approximate surface area is 149 Å². The van der Waals surface area contributed by atoms with E-state index >= 15 is 0 Å². The van der Waals surface area contributed by atoms with Crippen molar-refractivity contribution in [3.63, 3.8) is 0 Å². The van der Waals surface area contributed by atoms with Gasteiger partial charge in [-0.05, 0) is 39.7 Å². The largest absolute Gasteiger partial charge is 0.360 e. The summed E-state index contributed by atoms with van der Waals surface area (Å²) in [7, 11) is 0. The van der Waals surface area contributed by atoms with Gasteiger partial charge in [-0.1, -0.05) is 19.0 Å². The van der Waals surface area contributed by atoms with Gasteiger partial charge in [-0.2, -0.15) is 0 Å². The first-order chi connectivity index (χ1) is 10.8. The van der Waals surface area contributed by atoms with Crippen LogP contribution in [-0.4, -0.2) is 27.7 Å². The van der Waals surface area contributed by atoms with Crippen LogP contribution in [0.15, 0.2) is 16.7 Å². The van der Waals surface area contributed by atoms with Crippen molar-refractivity contribution in [1.29, 1.82) is 0 Å². The molecule has 0 saturated heterocycles. The first kappa shape index (κ1) is 20.3. The number of aromatic nitrogens is 2. The van der Waals surface area contributed by atoms with E-state index in [-0.39, 0.29) is 23.9 Å². The second-order valence-electron chi connectivity index (χ2n) is 6.17. The Bertz CT molecular complexity index is 702. The Kier molecular flexibility index (Phi) is 6.63. The number of amides is 1. The molecule has 134 valence electrons. The third kappa shape index (κ3) is 3.99. The number of nitrogens with two attached hydrogens (primary N) is 1. The van der Waals surface area contributed by atoms with E-state index in [0.29, 0.717) is 17.9 Å². The second-order valence-corrected chi connectivity index (χ2v) is 6.17. The molecule has 2 aromatic rings. The van der Waals surface area contributed by atoms with Gasteiger partial charge < -0.3 is 15.6 Å². The van der Waals surface area contributed by atoms with Gasteiger partial charge in [0.05, 0.1) is 5.56 Å². The summed E-state index contributed by atoms with van der Waals surface area (Å²) >= 11 is 0.